The normalized spacial score (nSPS) is 14.9. The summed E-state index contributed by atoms with van der Waals surface area (Å²) in [5.41, 5.74) is 3.79. The Morgan fingerprint density at radius 2 is 1.77 bits per heavy atom. The van der Waals surface area contributed by atoms with Crippen molar-refractivity contribution in [1.29, 1.82) is 0 Å². The van der Waals surface area contributed by atoms with Crippen molar-refractivity contribution in [3.63, 3.8) is 0 Å². The molecule has 0 bridgehead atoms. The zero-order chi connectivity index (χ0) is 21.0. The third-order valence-corrected chi connectivity index (χ3v) is 5.89. The van der Waals surface area contributed by atoms with Crippen molar-refractivity contribution in [3.8, 4) is 0 Å². The van der Waals surface area contributed by atoms with Crippen LogP contribution in [0.1, 0.15) is 55.8 Å². The largest absolute Gasteiger partial charge is 0.357 e. The fourth-order valence-electron chi connectivity index (χ4n) is 4.15. The standard InChI is InChI=1S/C25H37N5.HI/c1-3-26-25(28-18-16-23-13-9-10-17-27-23)29-19-21-11-7-8-12-22(21)20-30(2)24-14-5-4-6-15-24;/h7-13,17,24H,3-6,14-16,18-20H2,1-2H3,(H2,26,28,29);1H. The minimum absolute atomic E-state index is 0. The summed E-state index contributed by atoms with van der Waals surface area (Å²) in [7, 11) is 2.28. The first-order valence-corrected chi connectivity index (χ1v) is 11.5. The summed E-state index contributed by atoms with van der Waals surface area (Å²) < 4.78 is 0. The molecule has 2 N–H and O–H groups in total. The Morgan fingerprint density at radius 3 is 2.48 bits per heavy atom. The molecule has 0 amide bonds. The predicted octanol–water partition coefficient (Wildman–Crippen LogP) is 4.76. The number of guanidine groups is 1. The van der Waals surface area contributed by atoms with Crippen molar-refractivity contribution >= 4 is 29.9 Å². The molecule has 0 spiro atoms. The number of hydrogen-bond donors (Lipinski definition) is 2. The molecule has 1 aromatic carbocycles. The van der Waals surface area contributed by atoms with Crippen LogP contribution in [0.3, 0.4) is 0 Å². The van der Waals surface area contributed by atoms with Gasteiger partial charge in [0.2, 0.25) is 0 Å². The van der Waals surface area contributed by atoms with Crippen molar-refractivity contribution in [2.45, 2.75) is 64.6 Å². The van der Waals surface area contributed by atoms with E-state index >= 15 is 0 Å². The van der Waals surface area contributed by atoms with Gasteiger partial charge in [-0.1, -0.05) is 49.6 Å². The van der Waals surface area contributed by atoms with Crippen LogP contribution < -0.4 is 10.6 Å². The lowest BCUT2D eigenvalue weighted by Crippen LogP contribution is -2.38. The third kappa shape index (κ3) is 8.77. The number of aliphatic imine (C=N–C) groups is 1. The molecule has 2 aromatic rings. The van der Waals surface area contributed by atoms with Crippen LogP contribution >= 0.6 is 24.0 Å². The quantitative estimate of drug-likeness (QED) is 0.276. The number of hydrogen-bond acceptors (Lipinski definition) is 3. The number of nitrogens with zero attached hydrogens (tertiary/aromatic N) is 3. The third-order valence-electron chi connectivity index (χ3n) is 5.89. The molecule has 1 fully saturated rings. The highest BCUT2D eigenvalue weighted by molar-refractivity contribution is 14.0. The first kappa shape index (κ1) is 25.6. The second kappa shape index (κ2) is 14.4. The van der Waals surface area contributed by atoms with E-state index in [1.165, 1.54) is 43.2 Å². The molecule has 5 nitrogen and oxygen atoms in total. The predicted molar refractivity (Wildman–Crippen MR) is 141 cm³/mol. The van der Waals surface area contributed by atoms with Crippen molar-refractivity contribution in [3.05, 3.63) is 65.5 Å². The van der Waals surface area contributed by atoms with Crippen molar-refractivity contribution in [2.24, 2.45) is 4.99 Å². The maximum Gasteiger partial charge on any atom is 0.191 e. The molecular weight excluding hydrogens is 497 g/mol. The van der Waals surface area contributed by atoms with Gasteiger partial charge in [-0.05, 0) is 50.1 Å². The van der Waals surface area contributed by atoms with Gasteiger partial charge in [0.15, 0.2) is 5.96 Å². The molecule has 1 aromatic heterocycles. The maximum atomic E-state index is 4.85. The number of rotatable bonds is 9. The maximum absolute atomic E-state index is 4.85. The average molecular weight is 536 g/mol. The van der Waals surface area contributed by atoms with E-state index in [9.17, 15) is 0 Å². The Hall–Kier alpha value is -1.67. The Morgan fingerprint density at radius 1 is 1.03 bits per heavy atom. The zero-order valence-electron chi connectivity index (χ0n) is 19.0. The molecule has 1 aliphatic carbocycles. The summed E-state index contributed by atoms with van der Waals surface area (Å²) in [4.78, 5) is 11.8. The minimum atomic E-state index is 0. The summed E-state index contributed by atoms with van der Waals surface area (Å²) in [6.07, 6.45) is 9.54. The van der Waals surface area contributed by atoms with E-state index in [4.69, 9.17) is 4.99 Å². The lowest BCUT2D eigenvalue weighted by molar-refractivity contribution is 0.184. The van der Waals surface area contributed by atoms with E-state index in [0.29, 0.717) is 6.54 Å². The van der Waals surface area contributed by atoms with Crippen molar-refractivity contribution in [2.75, 3.05) is 20.1 Å². The summed E-state index contributed by atoms with van der Waals surface area (Å²) in [6, 6.07) is 15.5. The zero-order valence-corrected chi connectivity index (χ0v) is 21.3. The SMILES string of the molecule is CCNC(=NCc1ccccc1CN(C)C1CCCCC1)NCCc1ccccn1.I. The van der Waals surface area contributed by atoms with Gasteiger partial charge < -0.3 is 10.6 Å². The van der Waals surface area contributed by atoms with Crippen LogP contribution in [0.2, 0.25) is 0 Å². The molecule has 0 unspecified atom stereocenters. The molecular formula is C25H38IN5. The van der Waals surface area contributed by atoms with Crippen LogP contribution in [0.25, 0.3) is 0 Å². The van der Waals surface area contributed by atoms with E-state index < -0.39 is 0 Å². The highest BCUT2D eigenvalue weighted by atomic mass is 127. The van der Waals surface area contributed by atoms with Crippen LogP contribution in [0.15, 0.2) is 53.7 Å². The molecule has 0 aliphatic heterocycles. The molecule has 0 saturated heterocycles. The molecule has 3 rings (SSSR count). The van der Waals surface area contributed by atoms with E-state index in [2.05, 4.69) is 64.8 Å². The van der Waals surface area contributed by atoms with Gasteiger partial charge in [0.25, 0.3) is 0 Å². The van der Waals surface area contributed by atoms with E-state index in [-0.39, 0.29) is 24.0 Å². The highest BCUT2D eigenvalue weighted by Crippen LogP contribution is 2.23. The van der Waals surface area contributed by atoms with Crippen LogP contribution in [-0.2, 0) is 19.5 Å². The molecule has 6 heteroatoms. The highest BCUT2D eigenvalue weighted by Gasteiger charge is 2.18. The Bertz CT molecular complexity index is 774. The smallest absolute Gasteiger partial charge is 0.191 e. The topological polar surface area (TPSA) is 52.6 Å². The van der Waals surface area contributed by atoms with Gasteiger partial charge >= 0.3 is 0 Å². The molecule has 1 aliphatic rings. The molecule has 170 valence electrons. The monoisotopic (exact) mass is 535 g/mol. The molecule has 1 heterocycles. The average Bonchev–Trinajstić information content (AvgIpc) is 2.79. The summed E-state index contributed by atoms with van der Waals surface area (Å²) in [6.45, 7) is 5.45. The number of nitrogens with one attached hydrogen (secondary N) is 2. The van der Waals surface area contributed by atoms with Crippen molar-refractivity contribution < 1.29 is 0 Å². The van der Waals surface area contributed by atoms with E-state index in [1.54, 1.807) is 0 Å². The van der Waals surface area contributed by atoms with Gasteiger partial charge in [-0.3, -0.25) is 9.88 Å². The van der Waals surface area contributed by atoms with Gasteiger partial charge in [-0.15, -0.1) is 24.0 Å². The van der Waals surface area contributed by atoms with Crippen LogP contribution in [0.4, 0.5) is 0 Å². The lowest BCUT2D eigenvalue weighted by Gasteiger charge is -2.31. The first-order chi connectivity index (χ1) is 14.8. The fraction of sp³-hybridized carbons (Fsp3) is 0.520. The second-order valence-electron chi connectivity index (χ2n) is 8.17. The number of halogens is 1. The number of benzene rings is 1. The molecule has 0 radical (unpaired) electrons. The lowest BCUT2D eigenvalue weighted by atomic mass is 9.94. The summed E-state index contributed by atoms with van der Waals surface area (Å²) in [5.74, 6) is 0.865. The van der Waals surface area contributed by atoms with Crippen LogP contribution in [-0.4, -0.2) is 42.0 Å². The fourth-order valence-corrected chi connectivity index (χ4v) is 4.15. The number of pyridine rings is 1. The molecule has 1 saturated carbocycles. The molecule has 0 atom stereocenters. The summed E-state index contributed by atoms with van der Waals surface area (Å²) in [5, 5.41) is 6.80. The van der Waals surface area contributed by atoms with E-state index in [1.807, 2.05) is 18.3 Å². The van der Waals surface area contributed by atoms with Crippen molar-refractivity contribution in [1.82, 2.24) is 20.5 Å². The van der Waals surface area contributed by atoms with Gasteiger partial charge in [-0.2, -0.15) is 0 Å². The Balaban J connectivity index is 0.00000341. The number of aromatic nitrogens is 1. The summed E-state index contributed by atoms with van der Waals surface area (Å²) >= 11 is 0. The second-order valence-corrected chi connectivity index (χ2v) is 8.17. The first-order valence-electron chi connectivity index (χ1n) is 11.5. The van der Waals surface area contributed by atoms with E-state index in [0.717, 1.165) is 43.8 Å². The van der Waals surface area contributed by atoms with Crippen LogP contribution in [0.5, 0.6) is 0 Å². The van der Waals surface area contributed by atoms with Gasteiger partial charge in [-0.25, -0.2) is 4.99 Å². The molecule has 31 heavy (non-hydrogen) atoms. The Labute approximate surface area is 205 Å². The van der Waals surface area contributed by atoms with Crippen LogP contribution in [0, 0.1) is 0 Å². The van der Waals surface area contributed by atoms with Gasteiger partial charge in [0.05, 0.1) is 6.54 Å². The minimum Gasteiger partial charge on any atom is -0.357 e. The van der Waals surface area contributed by atoms with Gasteiger partial charge in [0, 0.05) is 44.0 Å². The Kier molecular flexibility index (Phi) is 11.9. The van der Waals surface area contributed by atoms with Gasteiger partial charge in [0.1, 0.15) is 0 Å².